The lowest BCUT2D eigenvalue weighted by Crippen LogP contribution is -2.32. The second-order valence-electron chi connectivity index (χ2n) is 6.71. The largest absolute Gasteiger partial charge is 0.481 e. The van der Waals surface area contributed by atoms with E-state index in [0.29, 0.717) is 22.4 Å². The van der Waals surface area contributed by atoms with E-state index in [4.69, 9.17) is 9.84 Å². The third-order valence-electron chi connectivity index (χ3n) is 4.28. The molecule has 0 saturated heterocycles. The van der Waals surface area contributed by atoms with Gasteiger partial charge in [0.1, 0.15) is 11.4 Å². The van der Waals surface area contributed by atoms with Gasteiger partial charge in [0.2, 0.25) is 0 Å². The van der Waals surface area contributed by atoms with Gasteiger partial charge in [-0.1, -0.05) is 60.7 Å². The summed E-state index contributed by atoms with van der Waals surface area (Å²) >= 11 is 0. The number of hydrogen-bond acceptors (Lipinski definition) is 5. The number of amides is 2. The number of carboxylic acid groups (broad SMARTS) is 1. The second kappa shape index (κ2) is 11.6. The third-order valence-corrected chi connectivity index (χ3v) is 4.28. The second-order valence-corrected chi connectivity index (χ2v) is 6.71. The van der Waals surface area contributed by atoms with Crippen molar-refractivity contribution in [1.29, 1.82) is 0 Å². The van der Waals surface area contributed by atoms with Crippen LogP contribution in [-0.4, -0.2) is 35.7 Å². The van der Waals surface area contributed by atoms with Crippen molar-refractivity contribution in [2.75, 3.05) is 6.61 Å². The first-order chi connectivity index (χ1) is 16.0. The first-order valence-corrected chi connectivity index (χ1v) is 9.93. The van der Waals surface area contributed by atoms with E-state index in [1.54, 1.807) is 66.7 Å². The Balaban J connectivity index is 1.76. The lowest BCUT2D eigenvalue weighted by atomic mass is 10.1. The molecule has 0 atom stereocenters. The Morgan fingerprint density at radius 2 is 1.52 bits per heavy atom. The summed E-state index contributed by atoms with van der Waals surface area (Å²) in [6, 6.07) is 24.2. The van der Waals surface area contributed by atoms with E-state index in [2.05, 4.69) is 15.8 Å². The van der Waals surface area contributed by atoms with Crippen LogP contribution in [0.2, 0.25) is 0 Å². The highest BCUT2D eigenvalue weighted by Crippen LogP contribution is 2.15. The van der Waals surface area contributed by atoms with E-state index >= 15 is 0 Å². The number of benzene rings is 3. The van der Waals surface area contributed by atoms with E-state index in [9.17, 15) is 14.4 Å². The van der Waals surface area contributed by atoms with Gasteiger partial charge in [-0.25, -0.2) is 10.2 Å². The molecule has 3 aromatic carbocycles. The summed E-state index contributed by atoms with van der Waals surface area (Å²) in [6.45, 7) is -0.507. The van der Waals surface area contributed by atoms with Crippen molar-refractivity contribution in [3.63, 3.8) is 0 Å². The molecule has 0 aromatic heterocycles. The van der Waals surface area contributed by atoms with Gasteiger partial charge in [-0.05, 0) is 35.9 Å². The van der Waals surface area contributed by atoms with Crippen molar-refractivity contribution in [3.8, 4) is 5.75 Å². The van der Waals surface area contributed by atoms with Crippen LogP contribution in [0.3, 0.4) is 0 Å². The van der Waals surface area contributed by atoms with Crippen molar-refractivity contribution < 1.29 is 24.2 Å². The maximum Gasteiger partial charge on any atom is 0.341 e. The first kappa shape index (κ1) is 23.0. The smallest absolute Gasteiger partial charge is 0.341 e. The SMILES string of the molecule is O=C(O)COc1ccccc1/C=N\NC(=O)/C(=C/c1ccccc1)NC(=O)c1ccccc1. The quantitative estimate of drug-likeness (QED) is 0.267. The number of rotatable bonds is 9. The van der Waals surface area contributed by atoms with Crippen LogP contribution in [0, 0.1) is 0 Å². The number of hydrogen-bond donors (Lipinski definition) is 3. The van der Waals surface area contributed by atoms with Crippen LogP contribution >= 0.6 is 0 Å². The molecule has 0 heterocycles. The van der Waals surface area contributed by atoms with Gasteiger partial charge in [0.15, 0.2) is 6.61 Å². The first-order valence-electron chi connectivity index (χ1n) is 9.93. The van der Waals surface area contributed by atoms with Gasteiger partial charge < -0.3 is 15.2 Å². The maximum absolute atomic E-state index is 12.8. The Hall–Kier alpha value is -4.72. The number of ether oxygens (including phenoxy) is 1. The van der Waals surface area contributed by atoms with Crippen LogP contribution in [0.25, 0.3) is 6.08 Å². The van der Waals surface area contributed by atoms with Gasteiger partial charge in [0.05, 0.1) is 6.21 Å². The molecule has 8 heteroatoms. The van der Waals surface area contributed by atoms with Gasteiger partial charge >= 0.3 is 5.97 Å². The predicted molar refractivity (Wildman–Crippen MR) is 124 cm³/mol. The summed E-state index contributed by atoms with van der Waals surface area (Å²) in [5, 5.41) is 15.3. The van der Waals surface area contributed by atoms with E-state index in [1.165, 1.54) is 12.3 Å². The minimum atomic E-state index is -1.11. The molecule has 0 aliphatic rings. The van der Waals surface area contributed by atoms with Crippen LogP contribution in [-0.2, 0) is 9.59 Å². The van der Waals surface area contributed by atoms with Crippen LogP contribution < -0.4 is 15.5 Å². The average molecular weight is 443 g/mol. The molecule has 3 rings (SSSR count). The molecule has 166 valence electrons. The Morgan fingerprint density at radius 3 is 2.21 bits per heavy atom. The lowest BCUT2D eigenvalue weighted by molar-refractivity contribution is -0.139. The summed E-state index contributed by atoms with van der Waals surface area (Å²) < 4.78 is 5.21. The molecule has 3 aromatic rings. The number of nitrogens with one attached hydrogen (secondary N) is 2. The zero-order valence-corrected chi connectivity index (χ0v) is 17.5. The highest BCUT2D eigenvalue weighted by Gasteiger charge is 2.14. The Bertz CT molecular complexity index is 1170. The molecule has 0 saturated carbocycles. The van der Waals surface area contributed by atoms with Crippen LogP contribution in [0.4, 0.5) is 0 Å². The standard InChI is InChI=1S/C25H21N3O5/c29-23(30)17-33-22-14-8-7-13-20(22)16-26-28-25(32)21(15-18-9-3-1-4-10-18)27-24(31)19-11-5-2-6-12-19/h1-16H,17H2,(H,27,31)(H,28,32)(H,29,30)/b21-15-,26-16-. The topological polar surface area (TPSA) is 117 Å². The molecule has 0 aliphatic heterocycles. The maximum atomic E-state index is 12.8. The fourth-order valence-corrected chi connectivity index (χ4v) is 2.74. The molecule has 0 fully saturated rings. The summed E-state index contributed by atoms with van der Waals surface area (Å²) in [6.07, 6.45) is 2.86. The molecule has 0 radical (unpaired) electrons. The number of carbonyl (C=O) groups is 3. The summed E-state index contributed by atoms with van der Waals surface area (Å²) in [4.78, 5) is 36.1. The Kier molecular flexibility index (Phi) is 8.08. The fourth-order valence-electron chi connectivity index (χ4n) is 2.74. The Morgan fingerprint density at radius 1 is 0.879 bits per heavy atom. The van der Waals surface area contributed by atoms with Crippen LogP contribution in [0.1, 0.15) is 21.5 Å². The summed E-state index contributed by atoms with van der Waals surface area (Å²) in [5.41, 5.74) is 3.97. The van der Waals surface area contributed by atoms with Gasteiger partial charge in [-0.15, -0.1) is 0 Å². The zero-order valence-electron chi connectivity index (χ0n) is 17.5. The number of hydrazone groups is 1. The van der Waals surface area contributed by atoms with Gasteiger partial charge in [-0.3, -0.25) is 9.59 Å². The van der Waals surface area contributed by atoms with Crippen molar-refractivity contribution in [2.45, 2.75) is 0 Å². The molecule has 0 unspecified atom stereocenters. The number of aliphatic carboxylic acids is 1. The third kappa shape index (κ3) is 7.18. The van der Waals surface area contributed by atoms with Crippen molar-refractivity contribution in [1.82, 2.24) is 10.7 Å². The fraction of sp³-hybridized carbons (Fsp3) is 0.0400. The summed E-state index contributed by atoms with van der Waals surface area (Å²) in [7, 11) is 0. The Labute approximate surface area is 190 Å². The predicted octanol–water partition coefficient (Wildman–Crippen LogP) is 3.07. The highest BCUT2D eigenvalue weighted by atomic mass is 16.5. The number of para-hydroxylation sites is 1. The molecule has 0 aliphatic carbocycles. The van der Waals surface area contributed by atoms with E-state index in [-0.39, 0.29) is 5.70 Å². The number of carboxylic acids is 1. The van der Waals surface area contributed by atoms with Crippen LogP contribution in [0.15, 0.2) is 95.7 Å². The number of nitrogens with zero attached hydrogens (tertiary/aromatic N) is 1. The van der Waals surface area contributed by atoms with E-state index < -0.39 is 24.4 Å². The normalized spacial score (nSPS) is 11.1. The van der Waals surface area contributed by atoms with Crippen molar-refractivity contribution >= 4 is 30.1 Å². The monoisotopic (exact) mass is 443 g/mol. The molecule has 0 spiro atoms. The van der Waals surface area contributed by atoms with E-state index in [0.717, 1.165) is 0 Å². The molecular formula is C25H21N3O5. The minimum absolute atomic E-state index is 0.00242. The highest BCUT2D eigenvalue weighted by molar-refractivity contribution is 6.05. The molecule has 8 nitrogen and oxygen atoms in total. The summed E-state index contributed by atoms with van der Waals surface area (Å²) in [5.74, 6) is -1.89. The molecule has 2 amide bonds. The number of carbonyl (C=O) groups excluding carboxylic acids is 2. The lowest BCUT2D eigenvalue weighted by Gasteiger charge is -2.09. The molecule has 3 N–H and O–H groups in total. The zero-order chi connectivity index (χ0) is 23.5. The van der Waals surface area contributed by atoms with Crippen molar-refractivity contribution in [2.24, 2.45) is 5.10 Å². The van der Waals surface area contributed by atoms with Gasteiger partial charge in [0, 0.05) is 11.1 Å². The van der Waals surface area contributed by atoms with Crippen LogP contribution in [0.5, 0.6) is 5.75 Å². The van der Waals surface area contributed by atoms with Crippen molar-refractivity contribution in [3.05, 3.63) is 107 Å². The minimum Gasteiger partial charge on any atom is -0.481 e. The van der Waals surface area contributed by atoms with Gasteiger partial charge in [0.25, 0.3) is 11.8 Å². The van der Waals surface area contributed by atoms with Gasteiger partial charge in [-0.2, -0.15) is 5.10 Å². The van der Waals surface area contributed by atoms with E-state index in [1.807, 2.05) is 18.2 Å². The molecule has 0 bridgehead atoms. The molecule has 33 heavy (non-hydrogen) atoms. The average Bonchev–Trinajstić information content (AvgIpc) is 2.84. The molecular weight excluding hydrogens is 422 g/mol.